The second-order valence-corrected chi connectivity index (χ2v) is 10.9. The van der Waals surface area contributed by atoms with Gasteiger partial charge in [-0.1, -0.05) is 36.4 Å². The maximum Gasteiger partial charge on any atom is 0.274 e. The van der Waals surface area contributed by atoms with E-state index in [-0.39, 0.29) is 15.7 Å². The molecule has 10 heteroatoms. The molecule has 2 aromatic carbocycles. The number of rotatable bonds is 11. The van der Waals surface area contributed by atoms with E-state index in [1.165, 1.54) is 30.3 Å². The summed E-state index contributed by atoms with van der Waals surface area (Å²) in [7, 11) is -4.09. The Hall–Kier alpha value is -2.43. The van der Waals surface area contributed by atoms with Gasteiger partial charge in [-0.3, -0.25) is 9.10 Å². The third kappa shape index (κ3) is 6.30. The van der Waals surface area contributed by atoms with Crippen LogP contribution in [0.3, 0.4) is 0 Å². The van der Waals surface area contributed by atoms with Crippen molar-refractivity contribution in [3.63, 3.8) is 0 Å². The van der Waals surface area contributed by atoms with E-state index >= 15 is 0 Å². The van der Waals surface area contributed by atoms with Gasteiger partial charge in [-0.05, 0) is 47.4 Å². The Morgan fingerprint density at radius 3 is 2.41 bits per heavy atom. The molecule has 0 bridgehead atoms. The summed E-state index contributed by atoms with van der Waals surface area (Å²) in [4.78, 5) is 12.5. The van der Waals surface area contributed by atoms with Crippen LogP contribution in [-0.4, -0.2) is 33.2 Å². The summed E-state index contributed by atoms with van der Waals surface area (Å²) >= 11 is 2.54. The van der Waals surface area contributed by atoms with Crippen molar-refractivity contribution in [1.29, 1.82) is 0 Å². The zero-order chi connectivity index (χ0) is 23.0. The quantitative estimate of drug-likeness (QED) is 0.392. The minimum absolute atomic E-state index is 0.0260. The van der Waals surface area contributed by atoms with Gasteiger partial charge in [0.05, 0.1) is 5.69 Å². The van der Waals surface area contributed by atoms with Crippen LogP contribution in [0.25, 0.3) is 0 Å². The lowest BCUT2D eigenvalue weighted by Gasteiger charge is -2.23. The number of thiophene rings is 1. The van der Waals surface area contributed by atoms with Crippen molar-refractivity contribution in [3.05, 3.63) is 83.2 Å². The summed E-state index contributed by atoms with van der Waals surface area (Å²) in [6, 6.07) is 15.0. The molecule has 0 aliphatic rings. The number of thioether (sulfide) groups is 1. The fraction of sp³-hybridized carbons (Fsp3) is 0.227. The molecule has 0 fully saturated rings. The van der Waals surface area contributed by atoms with Gasteiger partial charge in [-0.15, -0.1) is 11.3 Å². The van der Waals surface area contributed by atoms with Crippen molar-refractivity contribution in [3.8, 4) is 0 Å². The van der Waals surface area contributed by atoms with E-state index in [9.17, 15) is 22.0 Å². The molecule has 1 heterocycles. The highest BCUT2D eigenvalue weighted by Gasteiger charge is 2.29. The molecule has 3 aromatic rings. The molecule has 5 nitrogen and oxygen atoms in total. The van der Waals surface area contributed by atoms with Gasteiger partial charge in [0, 0.05) is 12.3 Å². The number of anilines is 1. The van der Waals surface area contributed by atoms with Gasteiger partial charge in [-0.25, -0.2) is 17.2 Å². The molecule has 1 aromatic heterocycles. The molecule has 0 aliphatic heterocycles. The van der Waals surface area contributed by atoms with E-state index in [2.05, 4.69) is 5.32 Å². The van der Waals surface area contributed by atoms with Crippen LogP contribution in [0.4, 0.5) is 14.5 Å². The Bertz CT molecular complexity index is 1140. The Morgan fingerprint density at radius 1 is 1.00 bits per heavy atom. The number of nitrogens with zero attached hydrogens (tertiary/aromatic N) is 1. The zero-order valence-electron chi connectivity index (χ0n) is 17.0. The smallest absolute Gasteiger partial charge is 0.274 e. The van der Waals surface area contributed by atoms with Gasteiger partial charge in [0.15, 0.2) is 0 Å². The van der Waals surface area contributed by atoms with Gasteiger partial charge < -0.3 is 5.32 Å². The standard InChI is InChI=1S/C22H22F2N2O3S3/c23-18-8-2-1-7-17(18)16-30-13-6-12-25-21(27)15-26(20-10-4-3-9-19(20)24)32(28,29)22-11-5-14-31-22/h1-5,7-11,14H,6,12-13,15-16H2,(H,25,27). The Balaban J connectivity index is 1.55. The Labute approximate surface area is 194 Å². The summed E-state index contributed by atoms with van der Waals surface area (Å²) in [6.45, 7) is -0.212. The first kappa shape index (κ1) is 24.2. The van der Waals surface area contributed by atoms with Crippen LogP contribution in [0.2, 0.25) is 0 Å². The first-order valence-corrected chi connectivity index (χ1v) is 13.3. The van der Waals surface area contributed by atoms with Crippen molar-refractivity contribution < 1.29 is 22.0 Å². The number of halogens is 2. The molecular weight excluding hydrogens is 474 g/mol. The SMILES string of the molecule is O=C(CN(c1ccccc1F)S(=O)(=O)c1cccs1)NCCCSCc1ccccc1F. The number of sulfonamides is 1. The van der Waals surface area contributed by atoms with Gasteiger partial charge in [0.25, 0.3) is 10.0 Å². The molecule has 0 radical (unpaired) electrons. The van der Waals surface area contributed by atoms with Crippen LogP contribution < -0.4 is 9.62 Å². The summed E-state index contributed by atoms with van der Waals surface area (Å²) in [5.41, 5.74) is 0.442. The first-order valence-electron chi connectivity index (χ1n) is 9.78. The van der Waals surface area contributed by atoms with Gasteiger partial charge in [0.1, 0.15) is 22.4 Å². The van der Waals surface area contributed by atoms with E-state index in [4.69, 9.17) is 0 Å². The number of hydrogen-bond acceptors (Lipinski definition) is 5. The van der Waals surface area contributed by atoms with Crippen LogP contribution in [0.15, 0.2) is 70.3 Å². The van der Waals surface area contributed by atoms with E-state index in [0.717, 1.165) is 21.7 Å². The number of carbonyl (C=O) groups excluding carboxylic acids is 1. The second-order valence-electron chi connectivity index (χ2n) is 6.74. The first-order chi connectivity index (χ1) is 15.4. The van der Waals surface area contributed by atoms with Crippen molar-refractivity contribution >= 4 is 44.7 Å². The molecular formula is C22H22F2N2O3S3. The summed E-state index contributed by atoms with van der Waals surface area (Å²) in [6.07, 6.45) is 0.627. The van der Waals surface area contributed by atoms with Crippen molar-refractivity contribution in [2.24, 2.45) is 0 Å². The number of carbonyl (C=O) groups is 1. The minimum atomic E-state index is -4.09. The largest absolute Gasteiger partial charge is 0.354 e. The fourth-order valence-electron chi connectivity index (χ4n) is 2.86. The second kappa shape index (κ2) is 11.4. The van der Waals surface area contributed by atoms with Gasteiger partial charge in [0.2, 0.25) is 5.91 Å². The summed E-state index contributed by atoms with van der Waals surface area (Å²) in [5.74, 6) is -0.286. The normalized spacial score (nSPS) is 11.3. The summed E-state index contributed by atoms with van der Waals surface area (Å²) < 4.78 is 54.8. The van der Waals surface area contributed by atoms with Gasteiger partial charge >= 0.3 is 0 Å². The van der Waals surface area contributed by atoms with Crippen molar-refractivity contribution in [2.45, 2.75) is 16.4 Å². The maximum atomic E-state index is 14.4. The minimum Gasteiger partial charge on any atom is -0.354 e. The highest BCUT2D eigenvalue weighted by atomic mass is 32.2. The number of amides is 1. The predicted octanol–water partition coefficient (Wildman–Crippen LogP) is 4.66. The average molecular weight is 497 g/mol. The van der Waals surface area contributed by atoms with Crippen molar-refractivity contribution in [1.82, 2.24) is 5.32 Å². The number of hydrogen-bond donors (Lipinski definition) is 1. The summed E-state index contributed by atoms with van der Waals surface area (Å²) in [5, 5.41) is 4.28. The third-order valence-electron chi connectivity index (χ3n) is 4.45. The predicted molar refractivity (Wildman–Crippen MR) is 125 cm³/mol. The third-order valence-corrected chi connectivity index (χ3v) is 8.68. The number of para-hydroxylation sites is 1. The lowest BCUT2D eigenvalue weighted by Crippen LogP contribution is -2.41. The topological polar surface area (TPSA) is 66.5 Å². The van der Waals surface area contributed by atoms with E-state index in [1.807, 2.05) is 0 Å². The molecule has 1 N–H and O–H groups in total. The fourth-order valence-corrected chi connectivity index (χ4v) is 6.34. The van der Waals surface area contributed by atoms with Crippen LogP contribution in [0, 0.1) is 11.6 Å². The van der Waals surface area contributed by atoms with Gasteiger partial charge in [-0.2, -0.15) is 11.8 Å². The lowest BCUT2D eigenvalue weighted by atomic mass is 10.2. The molecule has 170 valence electrons. The van der Waals surface area contributed by atoms with Crippen LogP contribution >= 0.6 is 23.1 Å². The Kier molecular flexibility index (Phi) is 8.66. The average Bonchev–Trinajstić information content (AvgIpc) is 3.32. The molecule has 0 saturated heterocycles. The van der Waals surface area contributed by atoms with Crippen LogP contribution in [-0.2, 0) is 20.6 Å². The highest BCUT2D eigenvalue weighted by molar-refractivity contribution is 7.98. The van der Waals surface area contributed by atoms with Crippen LogP contribution in [0.1, 0.15) is 12.0 Å². The van der Waals surface area contributed by atoms with Crippen LogP contribution in [0.5, 0.6) is 0 Å². The molecule has 0 atom stereocenters. The number of benzene rings is 2. The molecule has 0 unspecified atom stereocenters. The molecule has 32 heavy (non-hydrogen) atoms. The molecule has 0 aliphatic carbocycles. The maximum absolute atomic E-state index is 14.4. The molecule has 1 amide bonds. The zero-order valence-corrected chi connectivity index (χ0v) is 19.5. The van der Waals surface area contributed by atoms with E-state index in [0.29, 0.717) is 30.0 Å². The molecule has 0 saturated carbocycles. The lowest BCUT2D eigenvalue weighted by molar-refractivity contribution is -0.119. The highest BCUT2D eigenvalue weighted by Crippen LogP contribution is 2.28. The van der Waals surface area contributed by atoms with E-state index < -0.39 is 28.3 Å². The van der Waals surface area contributed by atoms with Crippen molar-refractivity contribution in [2.75, 3.05) is 23.1 Å². The monoisotopic (exact) mass is 496 g/mol. The van der Waals surface area contributed by atoms with E-state index in [1.54, 1.807) is 41.4 Å². The number of nitrogens with one attached hydrogen (secondary N) is 1. The Morgan fingerprint density at radius 2 is 1.72 bits per heavy atom. The molecule has 0 spiro atoms. The molecule has 3 rings (SSSR count).